The first-order chi connectivity index (χ1) is 10.7. The van der Waals surface area contributed by atoms with E-state index in [1.54, 1.807) is 0 Å². The lowest BCUT2D eigenvalue weighted by molar-refractivity contribution is -0.183. The maximum atomic E-state index is 5.93. The van der Waals surface area contributed by atoms with E-state index in [1.807, 2.05) is 19.9 Å². The second kappa shape index (κ2) is 10.7. The van der Waals surface area contributed by atoms with Crippen LogP contribution in [0.1, 0.15) is 44.7 Å². The van der Waals surface area contributed by atoms with Crippen molar-refractivity contribution in [1.29, 1.82) is 0 Å². The highest BCUT2D eigenvalue weighted by molar-refractivity contribution is 6.31. The van der Waals surface area contributed by atoms with Gasteiger partial charge in [0.05, 0.1) is 0 Å². The molecular weight excluding hydrogens is 292 g/mol. The molecule has 0 saturated heterocycles. The second-order valence-corrected chi connectivity index (χ2v) is 7.01. The zero-order valence-corrected chi connectivity index (χ0v) is 15.7. The number of benzene rings is 1. The van der Waals surface area contributed by atoms with Gasteiger partial charge in [-0.2, -0.15) is 0 Å². The molecule has 0 saturated carbocycles. The van der Waals surface area contributed by atoms with Gasteiger partial charge < -0.3 is 13.9 Å². The van der Waals surface area contributed by atoms with Crippen LogP contribution in [0.5, 0.6) is 0 Å². The summed E-state index contributed by atoms with van der Waals surface area (Å²) >= 11 is 0. The average Bonchev–Trinajstić information content (AvgIpc) is 2.55. The van der Waals surface area contributed by atoms with E-state index in [9.17, 15) is 0 Å². The first-order valence-corrected chi connectivity index (χ1v) is 9.55. The standard InChI is InChI=1S/C18H30O3Si/c1-5-16-11-13-17(14-12-16)10-9-15-21-22-18(6-2,19-7-3)20-8-4/h5,11-14H,1,6-10,15,22H2,2-4H3. The van der Waals surface area contributed by atoms with Gasteiger partial charge in [0, 0.05) is 19.8 Å². The number of aryl methyl sites for hydroxylation is 1. The quantitative estimate of drug-likeness (QED) is 0.335. The molecule has 0 spiro atoms. The topological polar surface area (TPSA) is 27.7 Å². The third kappa shape index (κ3) is 6.44. The van der Waals surface area contributed by atoms with Gasteiger partial charge in [0.1, 0.15) is 0 Å². The van der Waals surface area contributed by atoms with Gasteiger partial charge in [-0.3, -0.25) is 0 Å². The Kier molecular flexibility index (Phi) is 9.32. The molecule has 0 aliphatic rings. The summed E-state index contributed by atoms with van der Waals surface area (Å²) in [6, 6.07) is 8.52. The maximum absolute atomic E-state index is 5.93. The van der Waals surface area contributed by atoms with Gasteiger partial charge in [-0.05, 0) is 44.2 Å². The van der Waals surface area contributed by atoms with Crippen molar-refractivity contribution in [3.05, 3.63) is 42.0 Å². The Morgan fingerprint density at radius 1 is 1.09 bits per heavy atom. The molecule has 1 aromatic rings. The molecule has 3 nitrogen and oxygen atoms in total. The zero-order valence-electron chi connectivity index (χ0n) is 14.3. The highest BCUT2D eigenvalue weighted by atomic mass is 28.2. The number of hydrogen-bond acceptors (Lipinski definition) is 3. The van der Waals surface area contributed by atoms with E-state index in [4.69, 9.17) is 13.9 Å². The van der Waals surface area contributed by atoms with Gasteiger partial charge >= 0.3 is 0 Å². The number of hydrogen-bond donors (Lipinski definition) is 0. The molecule has 0 radical (unpaired) electrons. The summed E-state index contributed by atoms with van der Waals surface area (Å²) in [5.41, 5.74) is 2.05. The molecule has 0 fully saturated rings. The Balaban J connectivity index is 2.31. The van der Waals surface area contributed by atoms with Crippen molar-refractivity contribution in [2.24, 2.45) is 0 Å². The van der Waals surface area contributed by atoms with Gasteiger partial charge in [-0.25, -0.2) is 0 Å². The van der Waals surface area contributed by atoms with E-state index in [0.717, 1.165) is 31.4 Å². The molecule has 0 N–H and O–H groups in total. The first kappa shape index (κ1) is 19.1. The highest BCUT2D eigenvalue weighted by Gasteiger charge is 2.30. The fraction of sp³-hybridized carbons (Fsp3) is 0.556. The minimum Gasteiger partial charge on any atom is -0.418 e. The van der Waals surface area contributed by atoms with Crippen molar-refractivity contribution < 1.29 is 13.9 Å². The zero-order chi connectivity index (χ0) is 16.3. The lowest BCUT2D eigenvalue weighted by Crippen LogP contribution is -2.43. The Morgan fingerprint density at radius 2 is 1.73 bits per heavy atom. The van der Waals surface area contributed by atoms with Crippen LogP contribution >= 0.6 is 0 Å². The Morgan fingerprint density at radius 3 is 2.23 bits per heavy atom. The third-order valence-electron chi connectivity index (χ3n) is 3.64. The molecule has 1 aromatic carbocycles. The molecule has 0 bridgehead atoms. The van der Waals surface area contributed by atoms with E-state index in [-0.39, 0.29) is 0 Å². The van der Waals surface area contributed by atoms with Crippen LogP contribution in [0.15, 0.2) is 30.8 Å². The van der Waals surface area contributed by atoms with Crippen LogP contribution in [0, 0.1) is 0 Å². The molecule has 0 aromatic heterocycles. The van der Waals surface area contributed by atoms with Crippen molar-refractivity contribution in [1.82, 2.24) is 0 Å². The molecule has 0 aliphatic heterocycles. The molecule has 1 rings (SSSR count). The van der Waals surface area contributed by atoms with Gasteiger partial charge in [-0.1, -0.05) is 43.8 Å². The van der Waals surface area contributed by atoms with Crippen LogP contribution in [-0.4, -0.2) is 35.0 Å². The van der Waals surface area contributed by atoms with E-state index in [1.165, 1.54) is 5.56 Å². The largest absolute Gasteiger partial charge is 0.418 e. The van der Waals surface area contributed by atoms with Crippen LogP contribution in [-0.2, 0) is 20.3 Å². The summed E-state index contributed by atoms with van der Waals surface area (Å²) < 4.78 is 17.6. The van der Waals surface area contributed by atoms with Crippen LogP contribution in [0.25, 0.3) is 6.08 Å². The normalized spacial score (nSPS) is 12.1. The number of ether oxygens (including phenoxy) is 2. The molecule has 0 aliphatic carbocycles. The van der Waals surface area contributed by atoms with Crippen LogP contribution < -0.4 is 0 Å². The van der Waals surface area contributed by atoms with Gasteiger partial charge in [0.15, 0.2) is 5.41 Å². The predicted octanol–water partition coefficient (Wildman–Crippen LogP) is 3.50. The summed E-state index contributed by atoms with van der Waals surface area (Å²) in [7, 11) is -0.872. The van der Waals surface area contributed by atoms with Crippen LogP contribution in [0.3, 0.4) is 0 Å². The first-order valence-electron chi connectivity index (χ1n) is 8.26. The smallest absolute Gasteiger partial charge is 0.227 e. The SMILES string of the molecule is C=Cc1ccc(CCCO[SiH2]C(CC)(OCC)OCC)cc1. The fourth-order valence-electron chi connectivity index (χ4n) is 2.38. The second-order valence-electron chi connectivity index (χ2n) is 5.23. The minimum absolute atomic E-state index is 0.449. The maximum Gasteiger partial charge on any atom is 0.227 e. The number of rotatable bonds is 12. The monoisotopic (exact) mass is 322 g/mol. The molecule has 0 atom stereocenters. The summed E-state index contributed by atoms with van der Waals surface area (Å²) in [4.78, 5) is 0. The average molecular weight is 323 g/mol. The highest BCUT2D eigenvalue weighted by Crippen LogP contribution is 2.17. The Bertz CT molecular complexity index is 411. The predicted molar refractivity (Wildman–Crippen MR) is 95.6 cm³/mol. The van der Waals surface area contributed by atoms with E-state index >= 15 is 0 Å². The van der Waals surface area contributed by atoms with E-state index in [2.05, 4.69) is 37.8 Å². The van der Waals surface area contributed by atoms with Gasteiger partial charge in [-0.15, -0.1) is 0 Å². The van der Waals surface area contributed by atoms with E-state index in [0.29, 0.717) is 13.2 Å². The molecule has 124 valence electrons. The summed E-state index contributed by atoms with van der Waals surface area (Å²) in [6.07, 6.45) is 4.78. The van der Waals surface area contributed by atoms with Crippen LogP contribution in [0.4, 0.5) is 0 Å². The van der Waals surface area contributed by atoms with Gasteiger partial charge in [0.25, 0.3) is 0 Å². The molecular formula is C18H30O3Si. The molecule has 0 amide bonds. The molecule has 0 unspecified atom stereocenters. The van der Waals surface area contributed by atoms with Gasteiger partial charge in [0.2, 0.25) is 9.76 Å². The summed E-state index contributed by atoms with van der Waals surface area (Å²) in [5, 5.41) is 0. The minimum atomic E-state index is -0.872. The summed E-state index contributed by atoms with van der Waals surface area (Å²) in [6.45, 7) is 12.0. The van der Waals surface area contributed by atoms with Crippen molar-refractivity contribution in [3.8, 4) is 0 Å². The summed E-state index contributed by atoms with van der Waals surface area (Å²) in [5.74, 6) is 0. The van der Waals surface area contributed by atoms with Crippen molar-refractivity contribution in [3.63, 3.8) is 0 Å². The molecule has 4 heteroatoms. The molecule has 22 heavy (non-hydrogen) atoms. The van der Waals surface area contributed by atoms with Crippen molar-refractivity contribution >= 4 is 15.8 Å². The van der Waals surface area contributed by atoms with Crippen LogP contribution in [0.2, 0.25) is 0 Å². The lowest BCUT2D eigenvalue weighted by Gasteiger charge is -2.31. The fourth-order valence-corrected chi connectivity index (χ4v) is 3.82. The van der Waals surface area contributed by atoms with Crippen molar-refractivity contribution in [2.75, 3.05) is 19.8 Å². The Hall–Kier alpha value is -0.943. The lowest BCUT2D eigenvalue weighted by atomic mass is 10.1. The molecule has 0 heterocycles. The Labute approximate surface area is 137 Å². The van der Waals surface area contributed by atoms with Crippen molar-refractivity contribution in [2.45, 2.75) is 45.4 Å². The van der Waals surface area contributed by atoms with E-state index < -0.39 is 15.2 Å². The third-order valence-corrected chi connectivity index (χ3v) is 5.49.